The summed E-state index contributed by atoms with van der Waals surface area (Å²) in [6.45, 7) is 1.24. The standard InChI is InChI=1S/C22H19ClF2N2O3/c1-11(28)20-21(29)14-9-19(30-13-4-2-3-5-13)15(23)10-18(14)27-22(20)26-17-7-6-12(24)8-16(17)25/h6-10,13H,2-5H2,1H3,(H2,26,27,29). The topological polar surface area (TPSA) is 71.2 Å². The lowest BCUT2D eigenvalue weighted by Crippen LogP contribution is -2.18. The monoisotopic (exact) mass is 432 g/mol. The number of benzene rings is 2. The zero-order valence-electron chi connectivity index (χ0n) is 16.2. The average molecular weight is 433 g/mol. The van der Waals surface area contributed by atoms with Crippen LogP contribution in [-0.2, 0) is 0 Å². The molecule has 1 aliphatic rings. The van der Waals surface area contributed by atoms with Crippen LogP contribution < -0.4 is 15.5 Å². The summed E-state index contributed by atoms with van der Waals surface area (Å²) >= 11 is 6.36. The van der Waals surface area contributed by atoms with Gasteiger partial charge in [-0.15, -0.1) is 0 Å². The van der Waals surface area contributed by atoms with E-state index in [1.165, 1.54) is 19.1 Å². The van der Waals surface area contributed by atoms with Gasteiger partial charge in [-0.1, -0.05) is 11.6 Å². The number of aromatic amines is 1. The molecule has 0 unspecified atom stereocenters. The third-order valence-electron chi connectivity index (χ3n) is 5.19. The molecule has 0 atom stereocenters. The lowest BCUT2D eigenvalue weighted by atomic mass is 10.1. The molecular formula is C22H19ClF2N2O3. The molecule has 4 rings (SSSR count). The van der Waals surface area contributed by atoms with Gasteiger partial charge in [0.25, 0.3) is 0 Å². The Balaban J connectivity index is 1.82. The highest BCUT2D eigenvalue weighted by atomic mass is 35.5. The summed E-state index contributed by atoms with van der Waals surface area (Å²) in [4.78, 5) is 28.2. The number of Topliss-reactive ketones (excluding diaryl/α,β-unsaturated/α-hetero) is 1. The van der Waals surface area contributed by atoms with Crippen LogP contribution in [0.3, 0.4) is 0 Å². The molecule has 8 heteroatoms. The van der Waals surface area contributed by atoms with Crippen molar-refractivity contribution >= 4 is 39.8 Å². The first-order valence-electron chi connectivity index (χ1n) is 9.62. The van der Waals surface area contributed by atoms with Gasteiger partial charge in [-0.25, -0.2) is 8.78 Å². The lowest BCUT2D eigenvalue weighted by molar-refractivity contribution is 0.101. The predicted octanol–water partition coefficient (Wildman–Crippen LogP) is 5.73. The number of ether oxygens (including phenoxy) is 1. The van der Waals surface area contributed by atoms with Crippen molar-refractivity contribution in [2.45, 2.75) is 38.7 Å². The summed E-state index contributed by atoms with van der Waals surface area (Å²) in [6, 6.07) is 6.03. The van der Waals surface area contributed by atoms with E-state index in [1.807, 2.05) is 0 Å². The van der Waals surface area contributed by atoms with Gasteiger partial charge in [0.1, 0.15) is 28.8 Å². The van der Waals surface area contributed by atoms with E-state index in [9.17, 15) is 18.4 Å². The Bertz CT molecular complexity index is 1200. The first kappa shape index (κ1) is 20.3. The fourth-order valence-electron chi connectivity index (χ4n) is 3.72. The van der Waals surface area contributed by atoms with Crippen LogP contribution in [0.1, 0.15) is 43.0 Å². The van der Waals surface area contributed by atoms with Gasteiger partial charge in [0.05, 0.1) is 27.7 Å². The molecule has 1 aliphatic carbocycles. The zero-order valence-corrected chi connectivity index (χ0v) is 16.9. The maximum atomic E-state index is 14.1. The largest absolute Gasteiger partial charge is 0.489 e. The molecule has 0 aliphatic heterocycles. The van der Waals surface area contributed by atoms with Gasteiger partial charge >= 0.3 is 0 Å². The minimum atomic E-state index is -0.858. The fourth-order valence-corrected chi connectivity index (χ4v) is 3.93. The third kappa shape index (κ3) is 3.89. The van der Waals surface area contributed by atoms with Crippen molar-refractivity contribution in [3.05, 3.63) is 62.8 Å². The number of rotatable bonds is 5. The van der Waals surface area contributed by atoms with Crippen LogP contribution in [0.5, 0.6) is 5.75 Å². The van der Waals surface area contributed by atoms with E-state index in [1.54, 1.807) is 6.07 Å². The molecule has 3 aromatic rings. The molecule has 0 saturated heterocycles. The van der Waals surface area contributed by atoms with Crippen LogP contribution in [0, 0.1) is 11.6 Å². The number of aromatic nitrogens is 1. The van der Waals surface area contributed by atoms with Crippen molar-refractivity contribution in [2.75, 3.05) is 5.32 Å². The number of hydrogen-bond acceptors (Lipinski definition) is 4. The predicted molar refractivity (Wildman–Crippen MR) is 112 cm³/mol. The van der Waals surface area contributed by atoms with Crippen LogP contribution in [0.15, 0.2) is 35.1 Å². The molecular weight excluding hydrogens is 414 g/mol. The molecule has 156 valence electrons. The van der Waals surface area contributed by atoms with E-state index in [2.05, 4.69) is 10.3 Å². The van der Waals surface area contributed by atoms with Gasteiger partial charge in [-0.05, 0) is 56.9 Å². The maximum Gasteiger partial charge on any atom is 0.202 e. The molecule has 2 N–H and O–H groups in total. The smallest absolute Gasteiger partial charge is 0.202 e. The van der Waals surface area contributed by atoms with Gasteiger partial charge in [0.2, 0.25) is 5.43 Å². The number of fused-ring (bicyclic) bond motifs is 1. The highest BCUT2D eigenvalue weighted by molar-refractivity contribution is 6.32. The van der Waals surface area contributed by atoms with E-state index in [-0.39, 0.29) is 28.6 Å². The SMILES string of the molecule is CC(=O)c1c(Nc2ccc(F)cc2F)[nH]c2cc(Cl)c(OC3CCCC3)cc2c1=O. The van der Waals surface area contributed by atoms with Gasteiger partial charge in [0, 0.05) is 6.07 Å². The second-order valence-electron chi connectivity index (χ2n) is 7.36. The summed E-state index contributed by atoms with van der Waals surface area (Å²) in [7, 11) is 0. The molecule has 2 aromatic carbocycles. The number of halogens is 3. The Kier molecular flexibility index (Phi) is 5.47. The normalized spacial score (nSPS) is 14.3. The van der Waals surface area contributed by atoms with Crippen molar-refractivity contribution in [1.82, 2.24) is 4.98 Å². The number of hydrogen-bond donors (Lipinski definition) is 2. The number of pyridine rings is 1. The number of ketones is 1. The lowest BCUT2D eigenvalue weighted by Gasteiger charge is -2.16. The molecule has 0 amide bonds. The molecule has 0 bridgehead atoms. The fraction of sp³-hybridized carbons (Fsp3) is 0.273. The summed E-state index contributed by atoms with van der Waals surface area (Å²) in [5.74, 6) is -1.70. The molecule has 1 saturated carbocycles. The van der Waals surface area contributed by atoms with Crippen LogP contribution in [0.4, 0.5) is 20.3 Å². The molecule has 1 heterocycles. The number of carbonyl (C=O) groups is 1. The van der Waals surface area contributed by atoms with Gasteiger partial charge < -0.3 is 15.0 Å². The molecule has 0 spiro atoms. The molecule has 0 radical (unpaired) electrons. The van der Waals surface area contributed by atoms with Crippen LogP contribution in [-0.4, -0.2) is 16.9 Å². The summed E-state index contributed by atoms with van der Waals surface area (Å²) in [5, 5.41) is 3.24. The number of carbonyl (C=O) groups excluding carboxylic acids is 1. The first-order valence-corrected chi connectivity index (χ1v) is 10.0. The molecule has 1 aromatic heterocycles. The number of anilines is 2. The molecule has 30 heavy (non-hydrogen) atoms. The van der Waals surface area contributed by atoms with Crippen molar-refractivity contribution in [3.8, 4) is 5.75 Å². The number of H-pyrrole nitrogens is 1. The Morgan fingerprint density at radius 3 is 2.60 bits per heavy atom. The minimum Gasteiger partial charge on any atom is -0.489 e. The van der Waals surface area contributed by atoms with Gasteiger partial charge in [0.15, 0.2) is 5.78 Å². The Morgan fingerprint density at radius 2 is 1.93 bits per heavy atom. The second-order valence-corrected chi connectivity index (χ2v) is 7.77. The van der Waals surface area contributed by atoms with E-state index < -0.39 is 22.8 Å². The van der Waals surface area contributed by atoms with Gasteiger partial charge in [-0.2, -0.15) is 0 Å². The Morgan fingerprint density at radius 1 is 1.20 bits per heavy atom. The van der Waals surface area contributed by atoms with E-state index in [4.69, 9.17) is 16.3 Å². The van der Waals surface area contributed by atoms with Crippen molar-refractivity contribution in [3.63, 3.8) is 0 Å². The summed E-state index contributed by atoms with van der Waals surface area (Å²) in [5.41, 5.74) is -0.422. The first-order chi connectivity index (χ1) is 14.3. The Labute approximate surface area is 176 Å². The van der Waals surface area contributed by atoms with Crippen molar-refractivity contribution in [2.24, 2.45) is 0 Å². The zero-order chi connectivity index (χ0) is 21.4. The molecule has 1 fully saturated rings. The summed E-state index contributed by atoms with van der Waals surface area (Å²) < 4.78 is 33.2. The summed E-state index contributed by atoms with van der Waals surface area (Å²) in [6.07, 6.45) is 4.07. The maximum absolute atomic E-state index is 14.1. The van der Waals surface area contributed by atoms with Crippen LogP contribution in [0.25, 0.3) is 10.9 Å². The average Bonchev–Trinajstić information content (AvgIpc) is 3.18. The second kappa shape index (κ2) is 8.07. The van der Waals surface area contributed by atoms with Crippen LogP contribution >= 0.6 is 11.6 Å². The third-order valence-corrected chi connectivity index (χ3v) is 5.49. The van der Waals surface area contributed by atoms with E-state index in [0.29, 0.717) is 22.4 Å². The Hall–Kier alpha value is -2.93. The van der Waals surface area contributed by atoms with E-state index >= 15 is 0 Å². The van der Waals surface area contributed by atoms with Gasteiger partial charge in [-0.3, -0.25) is 9.59 Å². The van der Waals surface area contributed by atoms with Crippen molar-refractivity contribution < 1.29 is 18.3 Å². The minimum absolute atomic E-state index is 0.00559. The quantitative estimate of drug-likeness (QED) is 0.505. The van der Waals surface area contributed by atoms with Crippen molar-refractivity contribution in [1.29, 1.82) is 0 Å². The highest BCUT2D eigenvalue weighted by Crippen LogP contribution is 2.33. The van der Waals surface area contributed by atoms with E-state index in [0.717, 1.165) is 31.7 Å². The van der Waals surface area contributed by atoms with Crippen LogP contribution in [0.2, 0.25) is 5.02 Å². The highest BCUT2D eigenvalue weighted by Gasteiger charge is 2.21. The number of nitrogens with one attached hydrogen (secondary N) is 2. The molecule has 5 nitrogen and oxygen atoms in total.